The first-order chi connectivity index (χ1) is 34.4. The van der Waals surface area contributed by atoms with E-state index in [1.165, 1.54) is 155 Å². The van der Waals surface area contributed by atoms with Gasteiger partial charge in [-0.05, 0) is 227 Å². The van der Waals surface area contributed by atoms with Crippen LogP contribution in [0.4, 0.5) is 0 Å². The molecule has 342 valence electrons. The highest BCUT2D eigenvalue weighted by atomic mass is 15.0. The second-order valence-electron chi connectivity index (χ2n) is 20.5. The smallest absolute Gasteiger partial charge is 0.0541 e. The third-order valence-electron chi connectivity index (χ3n) is 15.2. The van der Waals surface area contributed by atoms with Crippen LogP contribution in [0.25, 0.3) is 116 Å². The van der Waals surface area contributed by atoms with Gasteiger partial charge in [0.25, 0.3) is 0 Å². The van der Waals surface area contributed by atoms with E-state index in [2.05, 4.69) is 257 Å². The van der Waals surface area contributed by atoms with E-state index < -0.39 is 0 Å². The van der Waals surface area contributed by atoms with E-state index in [9.17, 15) is 0 Å². The van der Waals surface area contributed by atoms with Gasteiger partial charge in [-0.15, -0.1) is 0 Å². The molecule has 3 nitrogen and oxygen atoms in total. The van der Waals surface area contributed by atoms with Crippen LogP contribution in [0, 0.1) is 55.4 Å². The van der Waals surface area contributed by atoms with Gasteiger partial charge in [0.05, 0.1) is 33.1 Å². The number of aromatic nitrogens is 3. The van der Waals surface area contributed by atoms with Crippen LogP contribution in [0.5, 0.6) is 0 Å². The van der Waals surface area contributed by atoms with Gasteiger partial charge < -0.3 is 13.7 Å². The van der Waals surface area contributed by atoms with E-state index in [-0.39, 0.29) is 0 Å². The van der Waals surface area contributed by atoms with Crippen LogP contribution in [0.1, 0.15) is 44.5 Å². The topological polar surface area (TPSA) is 14.8 Å². The van der Waals surface area contributed by atoms with E-state index >= 15 is 0 Å². The first kappa shape index (κ1) is 42.7. The Morgan fingerprint density at radius 1 is 0.211 bits per heavy atom. The van der Waals surface area contributed by atoms with Gasteiger partial charge in [-0.3, -0.25) is 0 Å². The number of hydrogen-bond acceptors (Lipinski definition) is 0. The Hall–Kier alpha value is -8.40. The van der Waals surface area contributed by atoms with Crippen molar-refractivity contribution in [1.82, 2.24) is 13.7 Å². The van der Waals surface area contributed by atoms with Crippen LogP contribution in [0.3, 0.4) is 0 Å². The summed E-state index contributed by atoms with van der Waals surface area (Å²) in [6.45, 7) is 17.6. The minimum Gasteiger partial charge on any atom is -0.309 e. The van der Waals surface area contributed by atoms with Crippen LogP contribution < -0.4 is 0 Å². The normalized spacial score (nSPS) is 11.9. The van der Waals surface area contributed by atoms with Crippen LogP contribution in [-0.4, -0.2) is 13.7 Å². The predicted molar refractivity (Wildman–Crippen MR) is 304 cm³/mol. The Labute approximate surface area is 415 Å². The van der Waals surface area contributed by atoms with Crippen LogP contribution in [-0.2, 0) is 0 Å². The van der Waals surface area contributed by atoms with E-state index in [0.717, 1.165) is 5.69 Å². The number of aryl methyl sites for hydroxylation is 8. The summed E-state index contributed by atoms with van der Waals surface area (Å²) in [4.78, 5) is 0. The molecule has 0 radical (unpaired) electrons. The largest absolute Gasteiger partial charge is 0.309 e. The molecule has 13 aromatic rings. The maximum Gasteiger partial charge on any atom is 0.0541 e. The summed E-state index contributed by atoms with van der Waals surface area (Å²) in [6, 6.07) is 71.5. The van der Waals surface area contributed by atoms with Gasteiger partial charge in [-0.25, -0.2) is 0 Å². The van der Waals surface area contributed by atoms with Gasteiger partial charge in [0.2, 0.25) is 0 Å². The first-order valence-corrected chi connectivity index (χ1v) is 25.0. The lowest BCUT2D eigenvalue weighted by atomic mass is 9.90. The van der Waals surface area contributed by atoms with Gasteiger partial charge in [-0.2, -0.15) is 0 Å². The molecule has 3 heteroatoms. The van der Waals surface area contributed by atoms with Crippen molar-refractivity contribution in [2.75, 3.05) is 0 Å². The van der Waals surface area contributed by atoms with Crippen LogP contribution in [0.2, 0.25) is 0 Å². The molecule has 0 atom stereocenters. The molecule has 3 aromatic heterocycles. The summed E-state index contributed by atoms with van der Waals surface area (Å²) >= 11 is 0. The van der Waals surface area contributed by atoms with Crippen LogP contribution >= 0.6 is 0 Å². The van der Waals surface area contributed by atoms with Crippen molar-refractivity contribution in [3.05, 3.63) is 233 Å². The van der Waals surface area contributed by atoms with Crippen molar-refractivity contribution >= 4 is 65.4 Å². The molecule has 0 fully saturated rings. The zero-order chi connectivity index (χ0) is 48.4. The number of hydrogen-bond donors (Lipinski definition) is 0. The summed E-state index contributed by atoms with van der Waals surface area (Å²) in [6.07, 6.45) is 0. The molecule has 0 saturated heterocycles. The summed E-state index contributed by atoms with van der Waals surface area (Å²) in [5.74, 6) is 0. The van der Waals surface area contributed by atoms with Crippen molar-refractivity contribution in [2.45, 2.75) is 55.4 Å². The number of benzene rings is 10. The predicted octanol–water partition coefficient (Wildman–Crippen LogP) is 18.4. The third-order valence-corrected chi connectivity index (χ3v) is 15.2. The van der Waals surface area contributed by atoms with Crippen molar-refractivity contribution in [3.8, 4) is 50.4 Å². The van der Waals surface area contributed by atoms with Gasteiger partial charge >= 0.3 is 0 Å². The highest BCUT2D eigenvalue weighted by molar-refractivity contribution is 6.12. The zero-order valence-corrected chi connectivity index (χ0v) is 41.7. The summed E-state index contributed by atoms with van der Waals surface area (Å²) in [5, 5.41) is 7.76. The minimum absolute atomic E-state index is 1.15. The average Bonchev–Trinajstić information content (AvgIpc) is 3.97. The molecule has 0 aliphatic carbocycles. The molecule has 0 unspecified atom stereocenters. The molecule has 0 spiro atoms. The Morgan fingerprint density at radius 3 is 0.775 bits per heavy atom. The maximum atomic E-state index is 2.44. The van der Waals surface area contributed by atoms with Crippen LogP contribution in [0.15, 0.2) is 188 Å². The van der Waals surface area contributed by atoms with Gasteiger partial charge in [0.15, 0.2) is 0 Å². The van der Waals surface area contributed by atoms with Crippen molar-refractivity contribution in [2.24, 2.45) is 0 Å². The van der Waals surface area contributed by atoms with E-state index in [1.54, 1.807) is 0 Å². The quantitative estimate of drug-likeness (QED) is 0.158. The van der Waals surface area contributed by atoms with E-state index in [0.29, 0.717) is 0 Å². The molecular formula is C68H55N3. The Morgan fingerprint density at radius 2 is 0.479 bits per heavy atom. The number of fused-ring (bicyclic) bond motifs is 9. The lowest BCUT2D eigenvalue weighted by Crippen LogP contribution is -1.97. The highest BCUT2D eigenvalue weighted by Gasteiger charge is 2.19. The van der Waals surface area contributed by atoms with Crippen molar-refractivity contribution in [3.63, 3.8) is 0 Å². The van der Waals surface area contributed by atoms with E-state index in [1.807, 2.05) is 0 Å². The average molecular weight is 914 g/mol. The summed E-state index contributed by atoms with van der Waals surface area (Å²) in [5.41, 5.74) is 28.2. The molecule has 10 aromatic carbocycles. The maximum absolute atomic E-state index is 2.44. The SMILES string of the molecule is Cc1ccc2c(c1)c1cc(C)ccc1n2-c1ccc(-c2cc(-c3ccc(-n4c5ccc(C)cc5c5cc(C)ccc54)cc3C)cc(-c3ccc(-n4c5ccc(C)cc5c5cc(C)ccc54)cc3C)c2)cc1. The molecule has 0 bridgehead atoms. The molecule has 0 N–H and O–H groups in total. The fourth-order valence-corrected chi connectivity index (χ4v) is 11.7. The van der Waals surface area contributed by atoms with Gasteiger partial charge in [-0.1, -0.05) is 94.0 Å². The lowest BCUT2D eigenvalue weighted by Gasteiger charge is -2.17. The van der Waals surface area contributed by atoms with Crippen molar-refractivity contribution < 1.29 is 0 Å². The number of nitrogens with zero attached hydrogens (tertiary/aromatic N) is 3. The fraction of sp³-hybridized carbons (Fsp3) is 0.118. The standard InChI is InChI=1S/C68H55N3/c1-40-9-23-63-57(29-40)58-30-41(2)10-24-64(58)69(63)52-17-15-48(16-18-52)49-37-50(55-21-19-53(35-46(55)7)70-65-25-11-42(3)31-59(65)60-32-43(4)12-26-66(60)70)39-51(38-49)56-22-20-54(36-47(56)8)71-67-27-13-44(5)33-61(67)62-34-45(6)14-28-68(62)71/h9-39H,1-8H3. The Kier molecular flexibility index (Phi) is 9.67. The van der Waals surface area contributed by atoms with Gasteiger partial charge in [0.1, 0.15) is 0 Å². The Bertz CT molecular complexity index is 3990. The Balaban J connectivity index is 0.962. The van der Waals surface area contributed by atoms with Crippen molar-refractivity contribution in [1.29, 1.82) is 0 Å². The van der Waals surface area contributed by atoms with E-state index in [4.69, 9.17) is 0 Å². The molecule has 0 aliphatic heterocycles. The molecular weight excluding hydrogens is 859 g/mol. The highest BCUT2D eigenvalue weighted by Crippen LogP contribution is 2.41. The third kappa shape index (κ3) is 6.94. The molecule has 0 amide bonds. The monoisotopic (exact) mass is 913 g/mol. The molecule has 71 heavy (non-hydrogen) atoms. The summed E-state index contributed by atoms with van der Waals surface area (Å²) < 4.78 is 7.30. The molecule has 0 aliphatic rings. The molecule has 0 saturated carbocycles. The second-order valence-corrected chi connectivity index (χ2v) is 20.5. The van der Waals surface area contributed by atoms with Gasteiger partial charge in [0, 0.05) is 49.4 Å². The zero-order valence-electron chi connectivity index (χ0n) is 41.7. The molecule has 3 heterocycles. The first-order valence-electron chi connectivity index (χ1n) is 25.0. The minimum atomic E-state index is 1.15. The second kappa shape index (κ2) is 16.1. The number of rotatable bonds is 6. The fourth-order valence-electron chi connectivity index (χ4n) is 11.7. The lowest BCUT2D eigenvalue weighted by molar-refractivity contribution is 1.17. The molecule has 13 rings (SSSR count). The summed E-state index contributed by atoms with van der Waals surface area (Å²) in [7, 11) is 0.